The molecule has 174 valence electrons. The number of amides is 2. The van der Waals surface area contributed by atoms with Gasteiger partial charge in [0, 0.05) is 18.2 Å². The first kappa shape index (κ1) is 23.9. The Hall–Kier alpha value is -2.72. The van der Waals surface area contributed by atoms with Crippen molar-refractivity contribution in [1.82, 2.24) is 15.0 Å². The van der Waals surface area contributed by atoms with Crippen LogP contribution in [0.25, 0.3) is 0 Å². The van der Waals surface area contributed by atoms with Gasteiger partial charge in [0.25, 0.3) is 0 Å². The van der Waals surface area contributed by atoms with Crippen LogP contribution in [0.3, 0.4) is 0 Å². The number of halogens is 1. The number of urea groups is 1. The number of carboxylic acid groups (broad SMARTS) is 1. The molecule has 0 radical (unpaired) electrons. The van der Waals surface area contributed by atoms with Crippen molar-refractivity contribution in [3.05, 3.63) is 40.7 Å². The number of ether oxygens (including phenoxy) is 1. The second-order valence-corrected chi connectivity index (χ2v) is 8.68. The van der Waals surface area contributed by atoms with Gasteiger partial charge in [-0.1, -0.05) is 31.4 Å². The minimum Gasteiger partial charge on any atom is -0.477 e. The van der Waals surface area contributed by atoms with Gasteiger partial charge >= 0.3 is 12.0 Å². The van der Waals surface area contributed by atoms with Crippen LogP contribution >= 0.6 is 11.5 Å². The van der Waals surface area contributed by atoms with E-state index in [1.165, 1.54) is 38.2 Å². The third kappa shape index (κ3) is 6.89. The summed E-state index contributed by atoms with van der Waals surface area (Å²) in [6.07, 6.45) is 7.03. The van der Waals surface area contributed by atoms with E-state index in [1.807, 2.05) is 0 Å². The molecule has 1 aromatic heterocycles. The van der Waals surface area contributed by atoms with Crippen molar-refractivity contribution >= 4 is 28.5 Å². The molecule has 3 rings (SSSR count). The first-order valence-corrected chi connectivity index (χ1v) is 11.6. The number of aromatic nitrogens is 1. The molecule has 0 unspecified atom stereocenters. The average molecular weight is 465 g/mol. The van der Waals surface area contributed by atoms with Crippen LogP contribution in [0.5, 0.6) is 5.88 Å². The average Bonchev–Trinajstić information content (AvgIpc) is 3.16. The van der Waals surface area contributed by atoms with Crippen molar-refractivity contribution in [2.45, 2.75) is 58.1 Å². The third-order valence-electron chi connectivity index (χ3n) is 5.35. The van der Waals surface area contributed by atoms with E-state index in [-0.39, 0.29) is 28.6 Å². The Morgan fingerprint density at radius 2 is 2.03 bits per heavy atom. The van der Waals surface area contributed by atoms with Crippen LogP contribution in [-0.4, -0.2) is 40.6 Å². The summed E-state index contributed by atoms with van der Waals surface area (Å²) < 4.78 is 23.4. The highest BCUT2D eigenvalue weighted by molar-refractivity contribution is 7.11. The van der Waals surface area contributed by atoms with Crippen molar-refractivity contribution in [3.63, 3.8) is 0 Å². The predicted octanol–water partition coefficient (Wildman–Crippen LogP) is 4.30. The monoisotopic (exact) mass is 464 g/mol. The van der Waals surface area contributed by atoms with Crippen molar-refractivity contribution in [2.24, 2.45) is 0 Å². The zero-order chi connectivity index (χ0) is 22.9. The van der Waals surface area contributed by atoms with Crippen molar-refractivity contribution in [3.8, 4) is 5.88 Å². The smallest absolute Gasteiger partial charge is 0.344 e. The van der Waals surface area contributed by atoms with E-state index in [9.17, 15) is 19.1 Å². The number of aryl methyl sites for hydroxylation is 1. The predicted molar refractivity (Wildman–Crippen MR) is 121 cm³/mol. The van der Waals surface area contributed by atoms with Gasteiger partial charge in [-0.05, 0) is 55.9 Å². The largest absolute Gasteiger partial charge is 0.477 e. The number of anilines is 1. The number of aromatic carboxylic acids is 1. The number of carbonyl (C=O) groups excluding carboxylic acids is 1. The van der Waals surface area contributed by atoms with Gasteiger partial charge in [0.1, 0.15) is 17.4 Å². The maximum absolute atomic E-state index is 14.0. The molecule has 2 aromatic rings. The summed E-state index contributed by atoms with van der Waals surface area (Å²) >= 11 is 0.803. The number of hydrogen-bond acceptors (Lipinski definition) is 6. The van der Waals surface area contributed by atoms with Crippen molar-refractivity contribution in [2.75, 3.05) is 18.4 Å². The molecule has 0 atom stereocenters. The van der Waals surface area contributed by atoms with Gasteiger partial charge in [-0.25, -0.2) is 14.0 Å². The molecule has 0 saturated heterocycles. The molecule has 32 heavy (non-hydrogen) atoms. The SMILES string of the molecule is Cc1ccc(COc2nsc(NC(=O)NCCCNC3CCCCC3)c2C(=O)O)c(F)c1. The van der Waals surface area contributed by atoms with Gasteiger partial charge in [0.05, 0.1) is 0 Å². The fourth-order valence-corrected chi connectivity index (χ4v) is 4.34. The fourth-order valence-electron chi connectivity index (χ4n) is 3.61. The summed E-state index contributed by atoms with van der Waals surface area (Å²) in [7, 11) is 0. The molecule has 0 spiro atoms. The molecule has 4 N–H and O–H groups in total. The Labute approximate surface area is 190 Å². The van der Waals surface area contributed by atoms with Crippen LogP contribution in [0, 0.1) is 12.7 Å². The maximum Gasteiger partial charge on any atom is 0.344 e. The number of benzene rings is 1. The summed E-state index contributed by atoms with van der Waals surface area (Å²) in [6.45, 7) is 2.88. The van der Waals surface area contributed by atoms with Crippen molar-refractivity contribution in [1.29, 1.82) is 0 Å². The third-order valence-corrected chi connectivity index (χ3v) is 6.10. The Bertz CT molecular complexity index is 931. The van der Waals surface area contributed by atoms with E-state index >= 15 is 0 Å². The van der Waals surface area contributed by atoms with Gasteiger partial charge in [-0.2, -0.15) is 4.37 Å². The van der Waals surface area contributed by atoms with Crippen LogP contribution in [0.2, 0.25) is 0 Å². The van der Waals surface area contributed by atoms with Crippen LogP contribution in [0.4, 0.5) is 14.2 Å². The van der Waals surface area contributed by atoms with Crippen LogP contribution in [-0.2, 0) is 6.61 Å². The molecule has 8 nitrogen and oxygen atoms in total. The van der Waals surface area contributed by atoms with E-state index in [0.29, 0.717) is 12.6 Å². The van der Waals surface area contributed by atoms with E-state index in [2.05, 4.69) is 20.3 Å². The van der Waals surface area contributed by atoms with Gasteiger partial charge in [0.15, 0.2) is 5.56 Å². The Balaban J connectivity index is 1.47. The second-order valence-electron chi connectivity index (χ2n) is 7.90. The van der Waals surface area contributed by atoms with E-state index in [0.717, 1.165) is 30.1 Å². The number of nitrogens with one attached hydrogen (secondary N) is 3. The van der Waals surface area contributed by atoms with Crippen LogP contribution in [0.1, 0.15) is 60.0 Å². The highest BCUT2D eigenvalue weighted by Gasteiger charge is 2.23. The number of carbonyl (C=O) groups is 2. The van der Waals surface area contributed by atoms with E-state index < -0.39 is 17.8 Å². The van der Waals surface area contributed by atoms with Gasteiger partial charge in [0.2, 0.25) is 5.88 Å². The highest BCUT2D eigenvalue weighted by atomic mass is 32.1. The van der Waals surface area contributed by atoms with Crippen LogP contribution < -0.4 is 20.7 Å². The molecule has 0 aliphatic heterocycles. The Morgan fingerprint density at radius 3 is 2.75 bits per heavy atom. The normalized spacial score (nSPS) is 14.2. The lowest BCUT2D eigenvalue weighted by atomic mass is 9.95. The standard InChI is InChI=1S/C22H29FN4O4S/c1-14-8-9-15(17(23)12-14)13-31-19-18(21(28)29)20(32-27-19)26-22(30)25-11-5-10-24-16-6-3-2-4-7-16/h8-9,12,16,24H,2-7,10-11,13H2,1H3,(H,28,29)(H2,25,26,30). The maximum atomic E-state index is 14.0. The topological polar surface area (TPSA) is 113 Å². The molecule has 1 heterocycles. The quantitative estimate of drug-likeness (QED) is 0.390. The summed E-state index contributed by atoms with van der Waals surface area (Å²) in [5, 5.41) is 18.4. The van der Waals surface area contributed by atoms with Crippen molar-refractivity contribution < 1.29 is 23.8 Å². The van der Waals surface area contributed by atoms with Crippen LogP contribution in [0.15, 0.2) is 18.2 Å². The molecule has 1 saturated carbocycles. The zero-order valence-electron chi connectivity index (χ0n) is 18.1. The lowest BCUT2D eigenvalue weighted by Gasteiger charge is -2.22. The van der Waals surface area contributed by atoms with Gasteiger partial charge < -0.3 is 20.5 Å². The molecular weight excluding hydrogens is 435 g/mol. The van der Waals surface area contributed by atoms with E-state index in [1.54, 1.807) is 19.1 Å². The first-order valence-electron chi connectivity index (χ1n) is 10.8. The number of nitrogens with zero attached hydrogens (tertiary/aromatic N) is 1. The lowest BCUT2D eigenvalue weighted by molar-refractivity contribution is 0.0693. The van der Waals surface area contributed by atoms with E-state index in [4.69, 9.17) is 4.74 Å². The molecular formula is C22H29FN4O4S. The minimum absolute atomic E-state index is 0.0645. The van der Waals surface area contributed by atoms with Gasteiger partial charge in [-0.3, -0.25) is 5.32 Å². The highest BCUT2D eigenvalue weighted by Crippen LogP contribution is 2.31. The zero-order valence-corrected chi connectivity index (χ0v) is 18.9. The summed E-state index contributed by atoms with van der Waals surface area (Å²) in [5.74, 6) is -1.88. The fraction of sp³-hybridized carbons (Fsp3) is 0.500. The first-order chi connectivity index (χ1) is 15.4. The minimum atomic E-state index is -1.29. The summed E-state index contributed by atoms with van der Waals surface area (Å²) in [5.41, 5.74) is 0.805. The molecule has 2 amide bonds. The number of hydrogen-bond donors (Lipinski definition) is 4. The molecule has 1 aliphatic carbocycles. The Kier molecular flexibility index (Phi) is 8.81. The molecule has 0 bridgehead atoms. The molecule has 10 heteroatoms. The summed E-state index contributed by atoms with van der Waals surface area (Å²) in [4.78, 5) is 23.9. The molecule has 1 aliphatic rings. The number of carboxylic acids is 1. The molecule has 1 fully saturated rings. The second kappa shape index (κ2) is 11.8. The Morgan fingerprint density at radius 1 is 1.25 bits per heavy atom. The summed E-state index contributed by atoms with van der Waals surface area (Å²) in [6, 6.07) is 4.75. The lowest BCUT2D eigenvalue weighted by Crippen LogP contribution is -2.35. The molecule has 1 aromatic carbocycles. The number of rotatable bonds is 10. The van der Waals surface area contributed by atoms with Gasteiger partial charge in [-0.15, -0.1) is 0 Å².